The number of pyridine rings is 1. The lowest BCUT2D eigenvalue weighted by molar-refractivity contribution is 0.172. The average molecular weight is 356 g/mol. The van der Waals surface area contributed by atoms with Crippen LogP contribution in [0.1, 0.15) is 24.6 Å². The van der Waals surface area contributed by atoms with Crippen molar-refractivity contribution in [1.82, 2.24) is 15.6 Å². The Morgan fingerprint density at radius 2 is 2.04 bits per heavy atom. The summed E-state index contributed by atoms with van der Waals surface area (Å²) in [4.78, 5) is 8.95. The van der Waals surface area contributed by atoms with Crippen molar-refractivity contribution in [3.63, 3.8) is 0 Å². The first kappa shape index (κ1) is 19.7. The summed E-state index contributed by atoms with van der Waals surface area (Å²) < 4.78 is 10.8. The summed E-state index contributed by atoms with van der Waals surface area (Å²) in [5.41, 5.74) is 2.08. The van der Waals surface area contributed by atoms with Gasteiger partial charge in [0.25, 0.3) is 0 Å². The van der Waals surface area contributed by atoms with Crippen LogP contribution in [-0.2, 0) is 17.8 Å². The largest absolute Gasteiger partial charge is 0.493 e. The third-order valence-corrected chi connectivity index (χ3v) is 3.59. The van der Waals surface area contributed by atoms with Gasteiger partial charge in [-0.25, -0.2) is 4.99 Å². The average Bonchev–Trinajstić information content (AvgIpc) is 2.68. The van der Waals surface area contributed by atoms with Gasteiger partial charge in [-0.1, -0.05) is 18.2 Å². The topological polar surface area (TPSA) is 67.8 Å². The smallest absolute Gasteiger partial charge is 0.191 e. The molecule has 0 radical (unpaired) electrons. The molecule has 0 amide bonds. The first-order valence-corrected chi connectivity index (χ1v) is 8.94. The van der Waals surface area contributed by atoms with Gasteiger partial charge in [-0.15, -0.1) is 0 Å². The third-order valence-electron chi connectivity index (χ3n) is 3.59. The number of hydrogen-bond donors (Lipinski definition) is 2. The Balaban J connectivity index is 1.89. The summed E-state index contributed by atoms with van der Waals surface area (Å²) in [6, 6.07) is 13.9. The number of aromatic nitrogens is 1. The minimum atomic E-state index is 0.576. The minimum Gasteiger partial charge on any atom is -0.493 e. The highest BCUT2D eigenvalue weighted by atomic mass is 16.5. The van der Waals surface area contributed by atoms with Gasteiger partial charge in [0, 0.05) is 32.9 Å². The number of hydrogen-bond acceptors (Lipinski definition) is 4. The van der Waals surface area contributed by atoms with E-state index in [0.29, 0.717) is 26.3 Å². The molecule has 2 rings (SSSR count). The molecule has 140 valence electrons. The van der Waals surface area contributed by atoms with E-state index in [1.54, 1.807) is 13.3 Å². The Labute approximate surface area is 155 Å². The normalized spacial score (nSPS) is 11.2. The van der Waals surface area contributed by atoms with Crippen LogP contribution in [0.3, 0.4) is 0 Å². The molecule has 26 heavy (non-hydrogen) atoms. The fraction of sp³-hybridized carbons (Fsp3) is 0.400. The number of aliphatic imine (C=N–C) groups is 1. The highest BCUT2D eigenvalue weighted by molar-refractivity contribution is 5.79. The predicted molar refractivity (Wildman–Crippen MR) is 104 cm³/mol. The molecule has 1 aromatic carbocycles. The minimum absolute atomic E-state index is 0.576. The van der Waals surface area contributed by atoms with E-state index < -0.39 is 0 Å². The van der Waals surface area contributed by atoms with E-state index in [-0.39, 0.29) is 0 Å². The van der Waals surface area contributed by atoms with Gasteiger partial charge < -0.3 is 20.1 Å². The number of rotatable bonds is 10. The van der Waals surface area contributed by atoms with Crippen LogP contribution in [0.2, 0.25) is 0 Å². The van der Waals surface area contributed by atoms with Gasteiger partial charge in [0.15, 0.2) is 5.96 Å². The van der Waals surface area contributed by atoms with Crippen LogP contribution in [-0.4, -0.2) is 37.8 Å². The zero-order valence-corrected chi connectivity index (χ0v) is 15.6. The molecule has 0 aliphatic rings. The maximum atomic E-state index is 5.74. The molecule has 6 heteroatoms. The highest BCUT2D eigenvalue weighted by Crippen LogP contribution is 2.14. The first-order valence-electron chi connectivity index (χ1n) is 8.94. The van der Waals surface area contributed by atoms with Crippen molar-refractivity contribution in [2.45, 2.75) is 26.4 Å². The van der Waals surface area contributed by atoms with Gasteiger partial charge in [-0.3, -0.25) is 4.98 Å². The van der Waals surface area contributed by atoms with Gasteiger partial charge >= 0.3 is 0 Å². The summed E-state index contributed by atoms with van der Waals surface area (Å²) in [7, 11) is 1.70. The zero-order valence-electron chi connectivity index (χ0n) is 15.6. The predicted octanol–water partition coefficient (Wildman–Crippen LogP) is 2.75. The molecule has 0 spiro atoms. The molecule has 1 aromatic heterocycles. The summed E-state index contributed by atoms with van der Waals surface area (Å²) in [5.74, 6) is 1.63. The van der Waals surface area contributed by atoms with Crippen LogP contribution in [0.5, 0.6) is 5.75 Å². The van der Waals surface area contributed by atoms with E-state index in [2.05, 4.69) is 20.6 Å². The van der Waals surface area contributed by atoms with Crippen molar-refractivity contribution in [2.24, 2.45) is 4.99 Å². The standard InChI is InChI=1S/C20H28N4O2/c1-3-21-20(24-16-18-9-4-5-11-22-18)23-15-17-8-6-10-19(14-17)26-13-7-12-25-2/h4-6,8-11,14H,3,7,12-13,15-16H2,1-2H3,(H2,21,23,24). The van der Waals surface area contributed by atoms with Gasteiger partial charge in [0.05, 0.1) is 25.4 Å². The van der Waals surface area contributed by atoms with Crippen molar-refractivity contribution >= 4 is 5.96 Å². The maximum Gasteiger partial charge on any atom is 0.191 e. The Morgan fingerprint density at radius 1 is 1.12 bits per heavy atom. The van der Waals surface area contributed by atoms with Crippen LogP contribution in [0.25, 0.3) is 0 Å². The number of ether oxygens (including phenoxy) is 2. The lowest BCUT2D eigenvalue weighted by Gasteiger charge is -2.11. The quantitative estimate of drug-likeness (QED) is 0.389. The second kappa shape index (κ2) is 11.9. The monoisotopic (exact) mass is 356 g/mol. The Hall–Kier alpha value is -2.60. The van der Waals surface area contributed by atoms with Crippen molar-refractivity contribution in [3.05, 3.63) is 59.9 Å². The number of guanidine groups is 1. The van der Waals surface area contributed by atoms with Gasteiger partial charge in [0.1, 0.15) is 5.75 Å². The molecule has 0 aliphatic carbocycles. The number of nitrogens with one attached hydrogen (secondary N) is 2. The maximum absolute atomic E-state index is 5.74. The molecular weight excluding hydrogens is 328 g/mol. The molecule has 0 unspecified atom stereocenters. The lowest BCUT2D eigenvalue weighted by Crippen LogP contribution is -2.36. The van der Waals surface area contributed by atoms with Crippen molar-refractivity contribution in [2.75, 3.05) is 26.9 Å². The molecule has 0 bridgehead atoms. The second-order valence-electron chi connectivity index (χ2n) is 5.71. The highest BCUT2D eigenvalue weighted by Gasteiger charge is 2.01. The fourth-order valence-electron chi connectivity index (χ4n) is 2.32. The summed E-state index contributed by atoms with van der Waals surface area (Å²) in [5, 5.41) is 6.55. The first-order chi connectivity index (χ1) is 12.8. The fourth-order valence-corrected chi connectivity index (χ4v) is 2.32. The van der Waals surface area contributed by atoms with Crippen molar-refractivity contribution < 1.29 is 9.47 Å². The number of benzene rings is 1. The van der Waals surface area contributed by atoms with E-state index in [0.717, 1.165) is 35.9 Å². The number of nitrogens with zero attached hydrogens (tertiary/aromatic N) is 2. The number of methoxy groups -OCH3 is 1. The lowest BCUT2D eigenvalue weighted by atomic mass is 10.2. The summed E-state index contributed by atoms with van der Waals surface area (Å²) >= 11 is 0. The summed E-state index contributed by atoms with van der Waals surface area (Å²) in [6.07, 6.45) is 2.67. The van der Waals surface area contributed by atoms with Gasteiger partial charge in [-0.2, -0.15) is 0 Å². The van der Waals surface area contributed by atoms with Crippen LogP contribution >= 0.6 is 0 Å². The Morgan fingerprint density at radius 3 is 2.81 bits per heavy atom. The van der Waals surface area contributed by atoms with E-state index in [1.807, 2.05) is 49.4 Å². The van der Waals surface area contributed by atoms with Crippen LogP contribution in [0.15, 0.2) is 53.7 Å². The van der Waals surface area contributed by atoms with Crippen LogP contribution in [0.4, 0.5) is 0 Å². The van der Waals surface area contributed by atoms with Gasteiger partial charge in [-0.05, 0) is 36.8 Å². The molecule has 2 aromatic rings. The van der Waals surface area contributed by atoms with Gasteiger partial charge in [0.2, 0.25) is 0 Å². The SMILES string of the molecule is CCNC(=NCc1cccc(OCCCOC)c1)NCc1ccccn1. The Kier molecular flexibility index (Phi) is 9.00. The molecule has 0 saturated heterocycles. The van der Waals surface area contributed by atoms with E-state index in [9.17, 15) is 0 Å². The summed E-state index contributed by atoms with van der Waals surface area (Å²) in [6.45, 7) is 5.41. The van der Waals surface area contributed by atoms with E-state index in [1.165, 1.54) is 0 Å². The second-order valence-corrected chi connectivity index (χ2v) is 5.71. The van der Waals surface area contributed by atoms with Crippen molar-refractivity contribution in [3.8, 4) is 5.75 Å². The molecule has 0 fully saturated rings. The molecule has 0 aliphatic heterocycles. The molecule has 6 nitrogen and oxygen atoms in total. The molecule has 0 saturated carbocycles. The van der Waals surface area contributed by atoms with Crippen molar-refractivity contribution in [1.29, 1.82) is 0 Å². The van der Waals surface area contributed by atoms with Crippen LogP contribution in [0, 0.1) is 0 Å². The Bertz CT molecular complexity index is 662. The molecule has 0 atom stereocenters. The van der Waals surface area contributed by atoms with E-state index >= 15 is 0 Å². The molecule has 1 heterocycles. The zero-order chi connectivity index (χ0) is 18.5. The molecule has 2 N–H and O–H groups in total. The molecular formula is C20H28N4O2. The van der Waals surface area contributed by atoms with Crippen LogP contribution < -0.4 is 15.4 Å². The third kappa shape index (κ3) is 7.53. The van der Waals surface area contributed by atoms with E-state index in [4.69, 9.17) is 9.47 Å².